The molecule has 1 unspecified atom stereocenters. The van der Waals surface area contributed by atoms with Crippen molar-refractivity contribution >= 4 is 11.3 Å². The fraction of sp³-hybridized carbons (Fsp3) is 0.571. The summed E-state index contributed by atoms with van der Waals surface area (Å²) >= 11 is 1.93. The van der Waals surface area contributed by atoms with Crippen LogP contribution in [0.3, 0.4) is 0 Å². The van der Waals surface area contributed by atoms with E-state index < -0.39 is 0 Å². The van der Waals surface area contributed by atoms with Crippen molar-refractivity contribution in [1.29, 1.82) is 0 Å². The highest BCUT2D eigenvalue weighted by molar-refractivity contribution is 7.12. The van der Waals surface area contributed by atoms with E-state index in [0.717, 1.165) is 12.8 Å². The summed E-state index contributed by atoms with van der Waals surface area (Å²) in [5.41, 5.74) is 7.75. The minimum absolute atomic E-state index is 0.191. The van der Waals surface area contributed by atoms with Crippen LogP contribution in [0.15, 0.2) is 6.07 Å². The first-order valence-electron chi connectivity index (χ1n) is 6.08. The minimum atomic E-state index is 0.191. The Morgan fingerprint density at radius 3 is 3.00 bits per heavy atom. The topological polar surface area (TPSA) is 26.0 Å². The number of fused-ring (bicyclic) bond motifs is 1. The largest absolute Gasteiger partial charge is 0.323 e. The summed E-state index contributed by atoms with van der Waals surface area (Å²) in [6.07, 6.45) is 7.12. The van der Waals surface area contributed by atoms with Crippen LogP contribution in [0.4, 0.5) is 0 Å². The fourth-order valence-electron chi connectivity index (χ4n) is 2.19. The molecule has 0 bridgehead atoms. The maximum absolute atomic E-state index is 6.19. The first-order chi connectivity index (χ1) is 7.81. The molecular weight excluding hydrogens is 214 g/mol. The van der Waals surface area contributed by atoms with Crippen molar-refractivity contribution in [2.45, 2.75) is 51.5 Å². The van der Waals surface area contributed by atoms with E-state index in [-0.39, 0.29) is 6.04 Å². The van der Waals surface area contributed by atoms with E-state index in [2.05, 4.69) is 17.9 Å². The van der Waals surface area contributed by atoms with Crippen molar-refractivity contribution in [3.63, 3.8) is 0 Å². The summed E-state index contributed by atoms with van der Waals surface area (Å²) in [6.45, 7) is 1.88. The molecule has 1 nitrogen and oxygen atoms in total. The second-order valence-electron chi connectivity index (χ2n) is 4.38. The van der Waals surface area contributed by atoms with E-state index in [1.807, 2.05) is 18.3 Å². The van der Waals surface area contributed by atoms with E-state index in [1.54, 1.807) is 10.4 Å². The number of nitrogens with two attached hydrogens (primary N) is 1. The molecule has 1 aliphatic rings. The van der Waals surface area contributed by atoms with E-state index >= 15 is 0 Å². The quantitative estimate of drug-likeness (QED) is 0.795. The maximum atomic E-state index is 6.19. The van der Waals surface area contributed by atoms with Crippen molar-refractivity contribution in [3.8, 4) is 11.8 Å². The third-order valence-electron chi connectivity index (χ3n) is 3.14. The molecule has 2 N–H and O–H groups in total. The second kappa shape index (κ2) is 5.52. The zero-order valence-corrected chi connectivity index (χ0v) is 10.7. The third kappa shape index (κ3) is 2.66. The molecule has 1 aromatic rings. The first kappa shape index (κ1) is 11.7. The van der Waals surface area contributed by atoms with Gasteiger partial charge in [0.1, 0.15) is 0 Å². The van der Waals surface area contributed by atoms with Gasteiger partial charge in [0.05, 0.1) is 0 Å². The van der Waals surface area contributed by atoms with Crippen molar-refractivity contribution in [1.82, 2.24) is 0 Å². The van der Waals surface area contributed by atoms with Crippen molar-refractivity contribution in [2.24, 2.45) is 5.73 Å². The number of rotatable bonds is 3. The predicted molar refractivity (Wildman–Crippen MR) is 70.6 cm³/mol. The Morgan fingerprint density at radius 1 is 1.44 bits per heavy atom. The number of hydrogen-bond acceptors (Lipinski definition) is 2. The van der Waals surface area contributed by atoms with Crippen molar-refractivity contribution in [2.75, 3.05) is 0 Å². The van der Waals surface area contributed by atoms with Crippen LogP contribution < -0.4 is 5.73 Å². The van der Waals surface area contributed by atoms with Crippen LogP contribution in [0.25, 0.3) is 0 Å². The molecule has 2 rings (SSSR count). The van der Waals surface area contributed by atoms with Gasteiger partial charge < -0.3 is 5.73 Å². The number of aryl methyl sites for hydroxylation is 2. The van der Waals surface area contributed by atoms with Crippen LogP contribution in [-0.2, 0) is 12.8 Å². The first-order valence-corrected chi connectivity index (χ1v) is 6.89. The van der Waals surface area contributed by atoms with Gasteiger partial charge in [-0.3, -0.25) is 0 Å². The lowest BCUT2D eigenvalue weighted by atomic mass is 9.98. The second-order valence-corrected chi connectivity index (χ2v) is 5.54. The lowest BCUT2D eigenvalue weighted by Crippen LogP contribution is -2.07. The smallest absolute Gasteiger partial charge is 0.0399 e. The van der Waals surface area contributed by atoms with Gasteiger partial charge in [0, 0.05) is 22.2 Å². The molecule has 16 heavy (non-hydrogen) atoms. The predicted octanol–water partition coefficient (Wildman–Crippen LogP) is 3.43. The molecule has 0 aromatic carbocycles. The molecule has 0 saturated carbocycles. The van der Waals surface area contributed by atoms with E-state index in [0.29, 0.717) is 0 Å². The monoisotopic (exact) mass is 233 g/mol. The Morgan fingerprint density at radius 2 is 2.25 bits per heavy atom. The molecule has 86 valence electrons. The van der Waals surface area contributed by atoms with Crippen LogP contribution in [0.5, 0.6) is 0 Å². The summed E-state index contributed by atoms with van der Waals surface area (Å²) in [7, 11) is 0. The molecule has 2 heteroatoms. The average molecular weight is 233 g/mol. The van der Waals surface area contributed by atoms with Gasteiger partial charge in [0.15, 0.2) is 0 Å². The molecule has 0 saturated heterocycles. The Kier molecular flexibility index (Phi) is 4.04. The van der Waals surface area contributed by atoms with Crippen LogP contribution in [-0.4, -0.2) is 0 Å². The van der Waals surface area contributed by atoms with Crippen LogP contribution in [0, 0.1) is 11.8 Å². The maximum Gasteiger partial charge on any atom is 0.0399 e. The Hall–Kier alpha value is -0.780. The molecule has 0 spiro atoms. The van der Waals surface area contributed by atoms with E-state index in [1.165, 1.54) is 30.6 Å². The minimum Gasteiger partial charge on any atom is -0.323 e. The molecule has 0 radical (unpaired) electrons. The molecule has 0 amide bonds. The summed E-state index contributed by atoms with van der Waals surface area (Å²) in [5.74, 6) is 6.01. The highest BCUT2D eigenvalue weighted by Gasteiger charge is 2.16. The highest BCUT2D eigenvalue weighted by atomic mass is 32.1. The molecule has 0 aliphatic heterocycles. The molecule has 1 heterocycles. The van der Waals surface area contributed by atoms with Crippen LogP contribution >= 0.6 is 11.3 Å². The van der Waals surface area contributed by atoms with Gasteiger partial charge in [0.2, 0.25) is 0 Å². The fourth-order valence-corrected chi connectivity index (χ4v) is 3.48. The van der Waals surface area contributed by atoms with Gasteiger partial charge in [-0.2, -0.15) is 0 Å². The average Bonchev–Trinajstić information content (AvgIpc) is 2.73. The summed E-state index contributed by atoms with van der Waals surface area (Å²) in [4.78, 5) is 2.95. The van der Waals surface area contributed by atoms with E-state index in [9.17, 15) is 0 Å². The molecule has 1 atom stereocenters. The zero-order valence-electron chi connectivity index (χ0n) is 9.88. The Labute approximate surface area is 102 Å². The van der Waals surface area contributed by atoms with Crippen LogP contribution in [0.1, 0.15) is 54.0 Å². The molecule has 1 aromatic heterocycles. The lowest BCUT2D eigenvalue weighted by Gasteiger charge is -2.08. The van der Waals surface area contributed by atoms with Gasteiger partial charge in [-0.05, 0) is 50.7 Å². The number of thiophene rings is 1. The highest BCUT2D eigenvalue weighted by Crippen LogP contribution is 2.33. The van der Waals surface area contributed by atoms with Crippen LogP contribution in [0.2, 0.25) is 0 Å². The van der Waals surface area contributed by atoms with Gasteiger partial charge in [-0.25, -0.2) is 0 Å². The van der Waals surface area contributed by atoms with Crippen molar-refractivity contribution < 1.29 is 0 Å². The standard InChI is InChI=1S/C14H19NS/c1-2-3-4-8-12(15)14-10-11-7-5-6-9-13(11)16-14/h10,12H,4-9,15H2,1H3. The zero-order chi connectivity index (χ0) is 11.4. The normalized spacial score (nSPS) is 16.1. The van der Waals surface area contributed by atoms with Gasteiger partial charge in [-0.15, -0.1) is 23.2 Å². The van der Waals surface area contributed by atoms with Crippen molar-refractivity contribution in [3.05, 3.63) is 21.4 Å². The molecule has 1 aliphatic carbocycles. The summed E-state index contributed by atoms with van der Waals surface area (Å²) in [6, 6.07) is 2.53. The number of hydrogen-bond donors (Lipinski definition) is 1. The van der Waals surface area contributed by atoms with Gasteiger partial charge in [-0.1, -0.05) is 0 Å². The van der Waals surface area contributed by atoms with Gasteiger partial charge in [0.25, 0.3) is 0 Å². The Balaban J connectivity index is 2.02. The van der Waals surface area contributed by atoms with E-state index in [4.69, 9.17) is 5.73 Å². The lowest BCUT2D eigenvalue weighted by molar-refractivity contribution is 0.676. The van der Waals surface area contributed by atoms with Gasteiger partial charge >= 0.3 is 0 Å². The summed E-state index contributed by atoms with van der Waals surface area (Å²) in [5, 5.41) is 0. The third-order valence-corrected chi connectivity index (χ3v) is 4.51. The SMILES string of the molecule is CC#CCCC(N)c1cc2c(s1)CCCC2. The molecular formula is C14H19NS. The summed E-state index contributed by atoms with van der Waals surface area (Å²) < 4.78 is 0. The Bertz CT molecular complexity index is 385. The molecule has 0 fully saturated rings.